The van der Waals surface area contributed by atoms with Gasteiger partial charge in [0.2, 0.25) is 17.7 Å². The van der Waals surface area contributed by atoms with Crippen molar-refractivity contribution < 1.29 is 14.3 Å². The van der Waals surface area contributed by atoms with Gasteiger partial charge in [0, 0.05) is 29.9 Å². The van der Waals surface area contributed by atoms with Crippen LogP contribution < -0.4 is 10.6 Å². The zero-order valence-corrected chi connectivity index (χ0v) is 23.3. The van der Waals surface area contributed by atoms with E-state index in [0.717, 1.165) is 11.3 Å². The Morgan fingerprint density at radius 3 is 2.61 bits per heavy atom. The Bertz CT molecular complexity index is 1250. The SMILES string of the molecule is CCN1C(=O)C(C)(CNc2cccc(NC(=O)C(C)(C)C)c2)SC1C(C#N)C1=N[C@H](c2ccccc2)CO1. The molecule has 4 rings (SSSR count). The predicted octanol–water partition coefficient (Wildman–Crippen LogP) is 5.07. The van der Waals surface area contributed by atoms with Crippen LogP contribution in [0.1, 0.15) is 46.2 Å². The first kappa shape index (κ1) is 27.5. The van der Waals surface area contributed by atoms with E-state index in [2.05, 4.69) is 16.7 Å². The molecule has 9 heteroatoms. The van der Waals surface area contributed by atoms with Crippen LogP contribution in [0.2, 0.25) is 0 Å². The van der Waals surface area contributed by atoms with Crippen molar-refractivity contribution in [1.82, 2.24) is 4.90 Å². The van der Waals surface area contributed by atoms with Crippen LogP contribution in [0.5, 0.6) is 0 Å². The van der Waals surface area contributed by atoms with Crippen LogP contribution >= 0.6 is 11.8 Å². The van der Waals surface area contributed by atoms with Crippen molar-refractivity contribution >= 4 is 40.8 Å². The summed E-state index contributed by atoms with van der Waals surface area (Å²) in [5.41, 5.74) is 2.02. The molecule has 1 fully saturated rings. The van der Waals surface area contributed by atoms with Gasteiger partial charge < -0.3 is 20.3 Å². The molecule has 2 aromatic carbocycles. The first-order valence-electron chi connectivity index (χ1n) is 12.8. The van der Waals surface area contributed by atoms with Gasteiger partial charge in [-0.15, -0.1) is 11.8 Å². The summed E-state index contributed by atoms with van der Waals surface area (Å²) in [6.45, 7) is 10.6. The van der Waals surface area contributed by atoms with E-state index in [1.165, 1.54) is 11.8 Å². The number of nitriles is 1. The van der Waals surface area contributed by atoms with Crippen molar-refractivity contribution in [3.8, 4) is 6.07 Å². The van der Waals surface area contributed by atoms with Gasteiger partial charge in [-0.1, -0.05) is 57.2 Å². The summed E-state index contributed by atoms with van der Waals surface area (Å²) in [5, 5.41) is 16.0. The van der Waals surface area contributed by atoms with E-state index in [9.17, 15) is 14.9 Å². The van der Waals surface area contributed by atoms with Gasteiger partial charge >= 0.3 is 0 Å². The molecule has 38 heavy (non-hydrogen) atoms. The van der Waals surface area contributed by atoms with E-state index in [1.54, 1.807) is 4.90 Å². The normalized spacial score (nSPS) is 23.8. The van der Waals surface area contributed by atoms with Gasteiger partial charge in [-0.3, -0.25) is 9.59 Å². The average molecular weight is 534 g/mol. The van der Waals surface area contributed by atoms with Gasteiger partial charge in [0.1, 0.15) is 22.8 Å². The molecular formula is C29H35N5O3S. The van der Waals surface area contributed by atoms with Gasteiger partial charge in [0.25, 0.3) is 0 Å². The highest BCUT2D eigenvalue weighted by Gasteiger charge is 2.53. The largest absolute Gasteiger partial charge is 0.477 e. The third-order valence-corrected chi connectivity index (χ3v) is 8.33. The first-order valence-corrected chi connectivity index (χ1v) is 13.7. The van der Waals surface area contributed by atoms with Gasteiger partial charge in [0.15, 0.2) is 5.92 Å². The Hall–Kier alpha value is -3.51. The van der Waals surface area contributed by atoms with Crippen molar-refractivity contribution in [3.05, 3.63) is 60.2 Å². The van der Waals surface area contributed by atoms with Crippen LogP contribution in [0.4, 0.5) is 11.4 Å². The van der Waals surface area contributed by atoms with E-state index >= 15 is 0 Å². The number of rotatable bonds is 8. The lowest BCUT2D eigenvalue weighted by Gasteiger charge is -2.25. The predicted molar refractivity (Wildman–Crippen MR) is 152 cm³/mol. The number of nitrogens with one attached hydrogen (secondary N) is 2. The standard InChI is InChI=1S/C29H35N5O3S/c1-6-34-25(22(16-30)24-33-23(17-37-24)19-11-8-7-9-12-19)38-29(5,27(34)36)18-31-20-13-10-14-21(15-20)32-26(35)28(2,3)4/h7-15,22-23,25,31H,6,17-18H2,1-5H3,(H,32,35)/t22?,23-,25?,29?/m0/s1. The van der Waals surface area contributed by atoms with Crippen molar-refractivity contribution in [2.75, 3.05) is 30.3 Å². The number of anilines is 2. The second-order valence-corrected chi connectivity index (χ2v) is 12.4. The lowest BCUT2D eigenvalue weighted by molar-refractivity contribution is -0.132. The third-order valence-electron chi connectivity index (χ3n) is 6.72. The molecule has 2 aromatic rings. The molecule has 0 aromatic heterocycles. The van der Waals surface area contributed by atoms with Crippen LogP contribution in [0, 0.1) is 22.7 Å². The Morgan fingerprint density at radius 1 is 1.24 bits per heavy atom. The molecule has 2 aliphatic rings. The fraction of sp³-hybridized carbons (Fsp3) is 0.448. The van der Waals surface area contributed by atoms with E-state index in [4.69, 9.17) is 9.73 Å². The lowest BCUT2D eigenvalue weighted by atomic mass is 9.95. The number of aliphatic imine (C=N–C) groups is 1. The number of hydrogen-bond acceptors (Lipinski definition) is 7. The molecule has 0 spiro atoms. The molecule has 2 heterocycles. The molecule has 0 radical (unpaired) electrons. The molecule has 1 saturated heterocycles. The van der Waals surface area contributed by atoms with Crippen molar-refractivity contribution in [1.29, 1.82) is 5.26 Å². The second kappa shape index (κ2) is 11.1. The molecule has 2 amide bonds. The molecule has 0 saturated carbocycles. The number of thioether (sulfide) groups is 1. The van der Waals surface area contributed by atoms with Crippen LogP contribution in [-0.4, -0.2) is 52.4 Å². The number of ether oxygens (including phenoxy) is 1. The molecular weight excluding hydrogens is 498 g/mol. The lowest BCUT2D eigenvalue weighted by Crippen LogP contribution is -2.44. The Morgan fingerprint density at radius 2 is 1.95 bits per heavy atom. The molecule has 0 bridgehead atoms. The third kappa shape index (κ3) is 5.81. The molecule has 200 valence electrons. The summed E-state index contributed by atoms with van der Waals surface area (Å²) in [6.07, 6.45) is 0. The van der Waals surface area contributed by atoms with Crippen LogP contribution in [0.15, 0.2) is 59.6 Å². The van der Waals surface area contributed by atoms with Crippen LogP contribution in [0.3, 0.4) is 0 Å². The van der Waals surface area contributed by atoms with Crippen molar-refractivity contribution in [2.24, 2.45) is 16.3 Å². The first-order chi connectivity index (χ1) is 18.1. The zero-order valence-electron chi connectivity index (χ0n) is 22.5. The zero-order chi connectivity index (χ0) is 27.5. The molecule has 8 nitrogen and oxygen atoms in total. The average Bonchev–Trinajstić information content (AvgIpc) is 3.47. The topological polar surface area (TPSA) is 107 Å². The van der Waals surface area contributed by atoms with Gasteiger partial charge in [-0.2, -0.15) is 5.26 Å². The highest BCUT2D eigenvalue weighted by Crippen LogP contribution is 2.45. The number of amides is 2. The van der Waals surface area contributed by atoms with Gasteiger partial charge in [-0.25, -0.2) is 4.99 Å². The second-order valence-electron chi connectivity index (χ2n) is 10.8. The summed E-state index contributed by atoms with van der Waals surface area (Å²) in [5.74, 6) is -0.378. The molecule has 0 aliphatic carbocycles. The molecule has 2 aliphatic heterocycles. The molecule has 4 atom stereocenters. The summed E-state index contributed by atoms with van der Waals surface area (Å²) in [7, 11) is 0. The quantitative estimate of drug-likeness (QED) is 0.491. The monoisotopic (exact) mass is 533 g/mol. The van der Waals surface area contributed by atoms with Crippen molar-refractivity contribution in [2.45, 2.75) is 50.8 Å². The number of benzene rings is 2. The van der Waals surface area contributed by atoms with Gasteiger partial charge in [0.05, 0.1) is 6.07 Å². The van der Waals surface area contributed by atoms with E-state index in [-0.39, 0.29) is 17.9 Å². The smallest absolute Gasteiger partial charge is 0.241 e. The minimum atomic E-state index is -0.793. The Kier molecular flexibility index (Phi) is 8.02. The Balaban J connectivity index is 1.47. The summed E-state index contributed by atoms with van der Waals surface area (Å²) in [4.78, 5) is 32.4. The van der Waals surface area contributed by atoms with Crippen molar-refractivity contribution in [3.63, 3.8) is 0 Å². The van der Waals surface area contributed by atoms with Gasteiger partial charge in [-0.05, 0) is 37.6 Å². The fourth-order valence-electron chi connectivity index (χ4n) is 4.43. The minimum absolute atomic E-state index is 0.0295. The molecule has 3 unspecified atom stereocenters. The Labute approximate surface area is 228 Å². The van der Waals surface area contributed by atoms with E-state index in [1.807, 2.05) is 89.2 Å². The summed E-state index contributed by atoms with van der Waals surface area (Å²) >= 11 is 1.47. The maximum absolute atomic E-state index is 13.6. The minimum Gasteiger partial charge on any atom is -0.477 e. The number of carbonyl (C=O) groups is 2. The van der Waals surface area contributed by atoms with Crippen LogP contribution in [0.25, 0.3) is 0 Å². The van der Waals surface area contributed by atoms with E-state index in [0.29, 0.717) is 31.3 Å². The van der Waals surface area contributed by atoms with E-state index < -0.39 is 21.5 Å². The molecule has 2 N–H and O–H groups in total. The highest BCUT2D eigenvalue weighted by molar-refractivity contribution is 8.02. The summed E-state index contributed by atoms with van der Waals surface area (Å²) < 4.78 is 5.11. The fourth-order valence-corrected chi connectivity index (χ4v) is 6.03. The summed E-state index contributed by atoms with van der Waals surface area (Å²) in [6, 6.07) is 19.5. The maximum atomic E-state index is 13.6. The number of hydrogen-bond donors (Lipinski definition) is 2. The van der Waals surface area contributed by atoms with Crippen LogP contribution in [-0.2, 0) is 14.3 Å². The number of carbonyl (C=O) groups excluding carboxylic acids is 2. The maximum Gasteiger partial charge on any atom is 0.241 e. The highest BCUT2D eigenvalue weighted by atomic mass is 32.2. The number of nitrogens with zero attached hydrogens (tertiary/aromatic N) is 3.